The summed E-state index contributed by atoms with van der Waals surface area (Å²) in [5, 5.41) is 6.95. The van der Waals surface area contributed by atoms with Crippen molar-refractivity contribution in [1.82, 2.24) is 0 Å². The molecule has 7 aromatic carbocycles. The van der Waals surface area contributed by atoms with E-state index < -0.39 is 0 Å². The van der Waals surface area contributed by atoms with E-state index in [1.54, 1.807) is 0 Å². The fourth-order valence-electron chi connectivity index (χ4n) is 5.22. The molecule has 0 aliphatic heterocycles. The second kappa shape index (κ2) is 16.5. The molecule has 0 aliphatic rings. The largest absolute Gasteiger partial charge is 0.165 e. The Morgan fingerprint density at radius 2 is 1.07 bits per heavy atom. The normalized spacial score (nSPS) is 10.4. The van der Waals surface area contributed by atoms with E-state index in [2.05, 4.69) is 178 Å². The first-order valence-corrected chi connectivity index (χ1v) is 16.9. The van der Waals surface area contributed by atoms with Crippen LogP contribution in [-0.2, 0) is 38.7 Å². The molecular weight excluding hydrogens is 702 g/mol. The van der Waals surface area contributed by atoms with Gasteiger partial charge in [-0.15, -0.1) is 82.8 Å². The molecular formula is C41H39HfP-2. The van der Waals surface area contributed by atoms with Gasteiger partial charge in [0.25, 0.3) is 0 Å². The van der Waals surface area contributed by atoms with Crippen LogP contribution in [0.1, 0.15) is 16.7 Å². The van der Waals surface area contributed by atoms with Crippen LogP contribution in [0.25, 0.3) is 32.7 Å². The number of hydrogen-bond donors (Lipinski definition) is 0. The summed E-state index contributed by atoms with van der Waals surface area (Å²) >= 11 is 0. The summed E-state index contributed by atoms with van der Waals surface area (Å²) in [5.74, 6) is 0. The van der Waals surface area contributed by atoms with Crippen LogP contribution in [0, 0.1) is 6.92 Å². The molecule has 0 heterocycles. The molecule has 0 saturated heterocycles. The standard InChI is InChI=1S/C16H13.C14H14.C11H12P.Hf/c1-12-10-14-8-5-9-15(16(14)11-12)13-6-3-2-4-7-13;1-3-7-13(8-4-1)11-12-14-9-5-2-6-10-14;1-12(2)11-7-9-5-3-4-6-10(9)8-11;/h2-11H,1H3;1-10H,11-12H2;3-8H,1-2H3;/q-1;;-1;. The van der Waals surface area contributed by atoms with Crippen LogP contribution in [-0.4, -0.2) is 13.3 Å². The Hall–Kier alpha value is -3.38. The molecule has 0 aromatic heterocycles. The first-order valence-electron chi connectivity index (χ1n) is 14.7. The van der Waals surface area contributed by atoms with Crippen LogP contribution < -0.4 is 5.30 Å². The molecule has 43 heavy (non-hydrogen) atoms. The van der Waals surface area contributed by atoms with Gasteiger partial charge in [0.1, 0.15) is 0 Å². The smallest absolute Gasteiger partial charge is 0 e. The number of benzene rings is 5. The van der Waals surface area contributed by atoms with E-state index in [1.807, 2.05) is 0 Å². The molecule has 0 radical (unpaired) electrons. The van der Waals surface area contributed by atoms with Crippen LogP contribution in [0.4, 0.5) is 0 Å². The Kier molecular flexibility index (Phi) is 12.5. The number of fused-ring (bicyclic) bond motifs is 2. The molecule has 0 fully saturated rings. The molecule has 214 valence electrons. The topological polar surface area (TPSA) is 0 Å². The van der Waals surface area contributed by atoms with Crippen molar-refractivity contribution < 1.29 is 25.8 Å². The predicted molar refractivity (Wildman–Crippen MR) is 188 cm³/mol. The van der Waals surface area contributed by atoms with Gasteiger partial charge < -0.3 is 0 Å². The minimum absolute atomic E-state index is 0. The molecule has 0 saturated carbocycles. The van der Waals surface area contributed by atoms with Crippen molar-refractivity contribution in [2.75, 3.05) is 13.3 Å². The van der Waals surface area contributed by atoms with Crippen LogP contribution in [0.5, 0.6) is 0 Å². The SMILES string of the molecule is CP(C)c1cc2ccccc2[cH-]1.Cc1cc2c(-c3ccccc3)cccc2[cH-]1.[Hf].c1ccc(CCc2ccccc2)cc1. The van der Waals surface area contributed by atoms with Crippen molar-refractivity contribution in [3.63, 3.8) is 0 Å². The minimum Gasteiger partial charge on any atom is -0.165 e. The number of hydrogen-bond acceptors (Lipinski definition) is 0. The van der Waals surface area contributed by atoms with Crippen molar-refractivity contribution in [3.05, 3.63) is 174 Å². The quantitative estimate of drug-likeness (QED) is 0.0936. The van der Waals surface area contributed by atoms with E-state index in [4.69, 9.17) is 0 Å². The predicted octanol–water partition coefficient (Wildman–Crippen LogP) is 10.9. The first kappa shape index (κ1) is 32.5. The second-order valence-corrected chi connectivity index (χ2v) is 13.2. The van der Waals surface area contributed by atoms with Crippen LogP contribution in [0.3, 0.4) is 0 Å². The van der Waals surface area contributed by atoms with Gasteiger partial charge in [0.2, 0.25) is 0 Å². The van der Waals surface area contributed by atoms with Crippen LogP contribution in [0.2, 0.25) is 0 Å². The Bertz CT molecular complexity index is 1720. The number of aryl methyl sites for hydroxylation is 3. The van der Waals surface area contributed by atoms with E-state index in [9.17, 15) is 0 Å². The Morgan fingerprint density at radius 1 is 0.535 bits per heavy atom. The van der Waals surface area contributed by atoms with Crippen molar-refractivity contribution in [1.29, 1.82) is 0 Å². The van der Waals surface area contributed by atoms with Gasteiger partial charge in [-0.1, -0.05) is 116 Å². The Morgan fingerprint density at radius 3 is 1.65 bits per heavy atom. The molecule has 2 heteroatoms. The van der Waals surface area contributed by atoms with Gasteiger partial charge in [-0.3, -0.25) is 0 Å². The van der Waals surface area contributed by atoms with Gasteiger partial charge in [-0.2, -0.15) is 12.1 Å². The summed E-state index contributed by atoms with van der Waals surface area (Å²) in [6.45, 7) is 6.74. The zero-order chi connectivity index (χ0) is 29.1. The third kappa shape index (κ3) is 9.30. The summed E-state index contributed by atoms with van der Waals surface area (Å²) in [6, 6.07) is 56.0. The molecule has 0 aliphatic carbocycles. The summed E-state index contributed by atoms with van der Waals surface area (Å²) in [6.07, 6.45) is 2.26. The average molecular weight is 741 g/mol. The monoisotopic (exact) mass is 742 g/mol. The maximum atomic E-state index is 2.31. The van der Waals surface area contributed by atoms with Gasteiger partial charge in [-0.25, -0.2) is 0 Å². The molecule has 0 N–H and O–H groups in total. The molecule has 0 bridgehead atoms. The summed E-state index contributed by atoms with van der Waals surface area (Å²) in [5.41, 5.74) is 6.77. The fraction of sp³-hybridized carbons (Fsp3) is 0.122. The third-order valence-corrected chi connectivity index (χ3v) is 8.78. The van der Waals surface area contributed by atoms with Crippen LogP contribution in [0.15, 0.2) is 158 Å². The zero-order valence-corrected chi connectivity index (χ0v) is 29.9. The zero-order valence-electron chi connectivity index (χ0n) is 25.4. The van der Waals surface area contributed by atoms with Gasteiger partial charge in [0, 0.05) is 25.8 Å². The maximum Gasteiger partial charge on any atom is 0 e. The van der Waals surface area contributed by atoms with E-state index in [0.29, 0.717) is 0 Å². The first-order chi connectivity index (χ1) is 20.6. The molecule has 0 amide bonds. The molecule has 0 spiro atoms. The molecule has 0 unspecified atom stereocenters. The summed E-state index contributed by atoms with van der Waals surface area (Å²) < 4.78 is 0. The second-order valence-electron chi connectivity index (χ2n) is 10.9. The summed E-state index contributed by atoms with van der Waals surface area (Å²) in [7, 11) is 0.0576. The maximum absolute atomic E-state index is 2.31. The average Bonchev–Trinajstić information content (AvgIpc) is 3.65. The van der Waals surface area contributed by atoms with Gasteiger partial charge in [0.05, 0.1) is 0 Å². The van der Waals surface area contributed by atoms with Crippen molar-refractivity contribution in [2.45, 2.75) is 19.8 Å². The van der Waals surface area contributed by atoms with Crippen molar-refractivity contribution in [3.8, 4) is 11.1 Å². The number of rotatable bonds is 5. The summed E-state index contributed by atoms with van der Waals surface area (Å²) in [4.78, 5) is 0. The van der Waals surface area contributed by atoms with Gasteiger partial charge in [0.15, 0.2) is 0 Å². The van der Waals surface area contributed by atoms with E-state index in [0.717, 1.165) is 12.8 Å². The van der Waals surface area contributed by atoms with Gasteiger partial charge in [-0.05, 0) is 42.9 Å². The van der Waals surface area contributed by atoms with E-state index >= 15 is 0 Å². The molecule has 7 aromatic rings. The molecule has 0 nitrogen and oxygen atoms in total. The molecule has 7 rings (SSSR count). The Balaban J connectivity index is 0.000000148. The van der Waals surface area contributed by atoms with E-state index in [1.165, 1.54) is 54.7 Å². The van der Waals surface area contributed by atoms with Gasteiger partial charge >= 0.3 is 0 Å². The molecule has 0 atom stereocenters. The van der Waals surface area contributed by atoms with Crippen molar-refractivity contribution in [2.24, 2.45) is 0 Å². The third-order valence-electron chi connectivity index (χ3n) is 7.49. The Labute approximate surface area is 277 Å². The fourth-order valence-corrected chi connectivity index (χ4v) is 6.02. The van der Waals surface area contributed by atoms with E-state index in [-0.39, 0.29) is 33.8 Å². The van der Waals surface area contributed by atoms with Crippen molar-refractivity contribution >= 4 is 34.8 Å². The minimum atomic E-state index is 0. The van der Waals surface area contributed by atoms with Crippen LogP contribution >= 0.6 is 7.92 Å².